The molecule has 5 rings (SSSR count). The molecule has 0 amide bonds. The summed E-state index contributed by atoms with van der Waals surface area (Å²) in [6.45, 7) is 2.05. The molecule has 2 bridgehead atoms. The predicted octanol–water partition coefficient (Wildman–Crippen LogP) is 5.63. The minimum absolute atomic E-state index is 0.0541. The summed E-state index contributed by atoms with van der Waals surface area (Å²) in [5.74, 6) is 1.61. The fourth-order valence-electron chi connectivity index (χ4n) is 5.58. The molecule has 0 spiro atoms. The quantitative estimate of drug-likeness (QED) is 0.427. The van der Waals surface area contributed by atoms with Gasteiger partial charge in [-0.05, 0) is 49.3 Å². The lowest BCUT2D eigenvalue weighted by Gasteiger charge is -2.40. The molecule has 29 heavy (non-hydrogen) atoms. The number of fused-ring (bicyclic) bond motifs is 3. The molecule has 2 heterocycles. The highest BCUT2D eigenvalue weighted by Crippen LogP contribution is 2.48. The van der Waals surface area contributed by atoms with Gasteiger partial charge in [0.2, 0.25) is 5.89 Å². The van der Waals surface area contributed by atoms with Crippen LogP contribution in [0.15, 0.2) is 50.4 Å². The second-order valence-corrected chi connectivity index (χ2v) is 9.09. The summed E-state index contributed by atoms with van der Waals surface area (Å²) in [5, 5.41) is 0.736. The van der Waals surface area contributed by atoms with Crippen molar-refractivity contribution in [2.45, 2.75) is 51.9 Å². The van der Waals surface area contributed by atoms with Crippen LogP contribution < -0.4 is 5.63 Å². The standard InChI is InChI=1S/C24H25NO4/c1-24(13-15-4-2-3-5-16(10-15)14-24)21(26)19-11-17-6-7-18(22-25-8-9-28-22)12-20(17)29-23(19)27/h6-9,11-12,15-16H,2-5,10,13-14H2,1H3. The highest BCUT2D eigenvalue weighted by molar-refractivity contribution is 6.02. The van der Waals surface area contributed by atoms with Gasteiger partial charge in [-0.3, -0.25) is 4.79 Å². The van der Waals surface area contributed by atoms with Gasteiger partial charge >= 0.3 is 5.63 Å². The third-order valence-corrected chi connectivity index (χ3v) is 6.83. The van der Waals surface area contributed by atoms with Crippen molar-refractivity contribution >= 4 is 16.8 Å². The smallest absolute Gasteiger partial charge is 0.347 e. The van der Waals surface area contributed by atoms with E-state index in [4.69, 9.17) is 8.83 Å². The van der Waals surface area contributed by atoms with Crippen molar-refractivity contribution in [3.05, 3.63) is 52.7 Å². The largest absolute Gasteiger partial charge is 0.445 e. The zero-order valence-electron chi connectivity index (χ0n) is 16.6. The number of hydrogen-bond acceptors (Lipinski definition) is 5. The zero-order chi connectivity index (χ0) is 20.0. The fraction of sp³-hybridized carbons (Fsp3) is 0.458. The molecule has 5 nitrogen and oxygen atoms in total. The van der Waals surface area contributed by atoms with Crippen LogP contribution in [0.5, 0.6) is 0 Å². The minimum Gasteiger partial charge on any atom is -0.445 e. The van der Waals surface area contributed by atoms with Crippen LogP contribution in [0.1, 0.15) is 62.2 Å². The van der Waals surface area contributed by atoms with E-state index in [9.17, 15) is 9.59 Å². The number of aromatic nitrogens is 1. The maximum Gasteiger partial charge on any atom is 0.347 e. The van der Waals surface area contributed by atoms with Gasteiger partial charge in [-0.15, -0.1) is 0 Å². The lowest BCUT2D eigenvalue weighted by atomic mass is 9.63. The summed E-state index contributed by atoms with van der Waals surface area (Å²) in [4.78, 5) is 30.4. The van der Waals surface area contributed by atoms with E-state index >= 15 is 0 Å². The van der Waals surface area contributed by atoms with Gasteiger partial charge in [0.1, 0.15) is 17.4 Å². The van der Waals surface area contributed by atoms with Gasteiger partial charge in [0.05, 0.1) is 6.20 Å². The Morgan fingerprint density at radius 1 is 1.14 bits per heavy atom. The third kappa shape index (κ3) is 3.33. The molecule has 2 unspecified atom stereocenters. The molecule has 5 heteroatoms. The molecule has 2 fully saturated rings. The lowest BCUT2D eigenvalue weighted by Crippen LogP contribution is -2.38. The first kappa shape index (κ1) is 18.3. The van der Waals surface area contributed by atoms with E-state index < -0.39 is 11.0 Å². The summed E-state index contributed by atoms with van der Waals surface area (Å²) in [6.07, 6.45) is 11.0. The first-order valence-electron chi connectivity index (χ1n) is 10.5. The second kappa shape index (κ2) is 6.97. The van der Waals surface area contributed by atoms with E-state index in [1.165, 1.54) is 38.4 Å². The van der Waals surface area contributed by atoms with Gasteiger partial charge in [-0.2, -0.15) is 0 Å². The summed E-state index contributed by atoms with van der Waals surface area (Å²) < 4.78 is 10.9. The molecule has 150 valence electrons. The normalized spacial score (nSPS) is 26.9. The van der Waals surface area contributed by atoms with Gasteiger partial charge in [0, 0.05) is 16.4 Å². The number of carbonyl (C=O) groups excluding carboxylic acids is 1. The van der Waals surface area contributed by atoms with Crippen molar-refractivity contribution in [2.24, 2.45) is 17.3 Å². The number of carbonyl (C=O) groups is 1. The number of nitrogens with zero attached hydrogens (tertiary/aromatic N) is 1. The molecule has 2 aromatic heterocycles. The van der Waals surface area contributed by atoms with Gasteiger partial charge in [0.25, 0.3) is 0 Å². The maximum atomic E-state index is 13.5. The number of Topliss-reactive ketones (excluding diaryl/α,β-unsaturated/α-hetero) is 1. The predicted molar refractivity (Wildman–Crippen MR) is 110 cm³/mol. The molecule has 0 radical (unpaired) electrons. The Labute approximate surface area is 169 Å². The molecule has 3 aromatic rings. The van der Waals surface area contributed by atoms with Gasteiger partial charge in [-0.25, -0.2) is 9.78 Å². The van der Waals surface area contributed by atoms with E-state index in [1.807, 2.05) is 12.1 Å². The highest BCUT2D eigenvalue weighted by atomic mass is 16.4. The Bertz CT molecular complexity index is 1100. The summed E-state index contributed by atoms with van der Waals surface area (Å²) in [5.41, 5.74) is 0.320. The highest BCUT2D eigenvalue weighted by Gasteiger charge is 2.44. The molecule has 2 aliphatic carbocycles. The Morgan fingerprint density at radius 3 is 2.59 bits per heavy atom. The van der Waals surface area contributed by atoms with Gasteiger partial charge in [0.15, 0.2) is 5.78 Å². The number of ketones is 1. The monoisotopic (exact) mass is 391 g/mol. The van der Waals surface area contributed by atoms with Crippen LogP contribution in [0.4, 0.5) is 0 Å². The van der Waals surface area contributed by atoms with Crippen LogP contribution in [0.2, 0.25) is 0 Å². The first-order chi connectivity index (χ1) is 14.0. The van der Waals surface area contributed by atoms with Gasteiger partial charge in [-0.1, -0.05) is 38.7 Å². The molecular formula is C24H25NO4. The Morgan fingerprint density at radius 2 is 1.90 bits per heavy atom. The van der Waals surface area contributed by atoms with E-state index in [0.717, 1.165) is 23.8 Å². The van der Waals surface area contributed by atoms with E-state index in [-0.39, 0.29) is 11.3 Å². The molecule has 1 aromatic carbocycles. The molecule has 2 atom stereocenters. The molecular weight excluding hydrogens is 366 g/mol. The summed E-state index contributed by atoms with van der Waals surface area (Å²) in [7, 11) is 0. The van der Waals surface area contributed by atoms with Crippen LogP contribution >= 0.6 is 0 Å². The minimum atomic E-state index is -0.554. The van der Waals surface area contributed by atoms with Crippen molar-refractivity contribution < 1.29 is 13.6 Å². The maximum absolute atomic E-state index is 13.5. The van der Waals surface area contributed by atoms with Crippen LogP contribution in [0.3, 0.4) is 0 Å². The topological polar surface area (TPSA) is 73.3 Å². The fourth-order valence-corrected chi connectivity index (χ4v) is 5.58. The molecule has 2 aliphatic rings. The average molecular weight is 391 g/mol. The van der Waals surface area contributed by atoms with Gasteiger partial charge < -0.3 is 8.83 Å². The molecule has 0 aliphatic heterocycles. The Kier molecular flexibility index (Phi) is 4.41. The van der Waals surface area contributed by atoms with Crippen LogP contribution in [0.25, 0.3) is 22.4 Å². The van der Waals surface area contributed by atoms with Crippen LogP contribution in [-0.4, -0.2) is 10.8 Å². The Balaban J connectivity index is 1.51. The summed E-state index contributed by atoms with van der Waals surface area (Å²) >= 11 is 0. The number of hydrogen-bond donors (Lipinski definition) is 0. The molecule has 0 N–H and O–H groups in total. The van der Waals surface area contributed by atoms with Crippen molar-refractivity contribution in [1.29, 1.82) is 0 Å². The molecule has 2 saturated carbocycles. The third-order valence-electron chi connectivity index (χ3n) is 6.83. The lowest BCUT2D eigenvalue weighted by molar-refractivity contribution is 0.0595. The number of rotatable bonds is 3. The van der Waals surface area contributed by atoms with Crippen molar-refractivity contribution in [3.8, 4) is 11.5 Å². The van der Waals surface area contributed by atoms with Crippen molar-refractivity contribution in [1.82, 2.24) is 4.98 Å². The second-order valence-electron chi connectivity index (χ2n) is 9.09. The van der Waals surface area contributed by atoms with Crippen LogP contribution in [-0.2, 0) is 0 Å². The van der Waals surface area contributed by atoms with Crippen molar-refractivity contribution in [2.75, 3.05) is 0 Å². The van der Waals surface area contributed by atoms with E-state index in [2.05, 4.69) is 11.9 Å². The Hall–Kier alpha value is -2.69. The SMILES string of the molecule is CC1(C(=O)c2cc3ccc(-c4ncco4)cc3oc2=O)CC2CCCCC(C2)C1. The zero-order valence-corrected chi connectivity index (χ0v) is 16.6. The average Bonchev–Trinajstić information content (AvgIpc) is 3.18. The van der Waals surface area contributed by atoms with E-state index in [1.54, 1.807) is 18.3 Å². The van der Waals surface area contributed by atoms with E-state index in [0.29, 0.717) is 23.3 Å². The molecule has 0 saturated heterocycles. The van der Waals surface area contributed by atoms with Crippen LogP contribution in [0, 0.1) is 17.3 Å². The first-order valence-corrected chi connectivity index (χ1v) is 10.5. The number of oxazole rings is 1. The van der Waals surface area contributed by atoms with Crippen molar-refractivity contribution in [3.63, 3.8) is 0 Å². The number of benzene rings is 1. The summed E-state index contributed by atoms with van der Waals surface area (Å²) in [6, 6.07) is 7.14.